The Morgan fingerprint density at radius 2 is 1.93 bits per heavy atom. The maximum absolute atomic E-state index is 12.9. The van der Waals surface area contributed by atoms with Crippen LogP contribution in [0.1, 0.15) is 64.7 Å². The van der Waals surface area contributed by atoms with E-state index in [1.54, 1.807) is 11.2 Å². The summed E-state index contributed by atoms with van der Waals surface area (Å²) in [6.45, 7) is 8.96. The van der Waals surface area contributed by atoms with Crippen molar-refractivity contribution < 1.29 is 14.0 Å². The van der Waals surface area contributed by atoms with E-state index >= 15 is 0 Å². The van der Waals surface area contributed by atoms with Gasteiger partial charge in [-0.3, -0.25) is 14.5 Å². The van der Waals surface area contributed by atoms with Gasteiger partial charge in [-0.25, -0.2) is 0 Å². The molecular formula is C21H33N3O3. The molecule has 2 saturated heterocycles. The third-order valence-electron chi connectivity index (χ3n) is 5.63. The zero-order chi connectivity index (χ0) is 19.4. The van der Waals surface area contributed by atoms with Crippen LogP contribution in [0.4, 0.5) is 0 Å². The summed E-state index contributed by atoms with van der Waals surface area (Å²) in [6, 6.07) is 3.58. The molecule has 2 atom stereocenters. The molecule has 0 saturated carbocycles. The van der Waals surface area contributed by atoms with Gasteiger partial charge in [0.05, 0.1) is 12.3 Å². The van der Waals surface area contributed by atoms with E-state index in [2.05, 4.69) is 10.2 Å². The molecular weight excluding hydrogens is 342 g/mol. The molecule has 2 fully saturated rings. The zero-order valence-corrected chi connectivity index (χ0v) is 16.9. The van der Waals surface area contributed by atoms with E-state index in [-0.39, 0.29) is 23.9 Å². The normalized spacial score (nSPS) is 22.6. The van der Waals surface area contributed by atoms with Crippen molar-refractivity contribution in [1.29, 1.82) is 0 Å². The molecule has 0 aromatic carbocycles. The Labute approximate surface area is 162 Å². The van der Waals surface area contributed by atoms with Gasteiger partial charge < -0.3 is 14.6 Å². The van der Waals surface area contributed by atoms with E-state index in [1.807, 2.05) is 32.9 Å². The van der Waals surface area contributed by atoms with Crippen LogP contribution >= 0.6 is 0 Å². The summed E-state index contributed by atoms with van der Waals surface area (Å²) in [6.07, 6.45) is 6.94. The summed E-state index contributed by atoms with van der Waals surface area (Å²) >= 11 is 0. The van der Waals surface area contributed by atoms with Crippen LogP contribution in [0.2, 0.25) is 0 Å². The van der Waals surface area contributed by atoms with Crippen LogP contribution in [-0.2, 0) is 9.59 Å². The van der Waals surface area contributed by atoms with E-state index in [0.717, 1.165) is 31.7 Å². The number of carbonyl (C=O) groups excluding carboxylic acids is 2. The topological polar surface area (TPSA) is 65.8 Å². The number of hydrogen-bond donors (Lipinski definition) is 1. The number of furan rings is 1. The molecule has 2 unspecified atom stereocenters. The number of nitrogens with one attached hydrogen (secondary N) is 1. The molecule has 6 heteroatoms. The van der Waals surface area contributed by atoms with Crippen LogP contribution in [0, 0.1) is 5.41 Å². The van der Waals surface area contributed by atoms with Crippen molar-refractivity contribution in [2.24, 2.45) is 5.41 Å². The van der Waals surface area contributed by atoms with Gasteiger partial charge in [0, 0.05) is 18.5 Å². The number of amides is 2. The quantitative estimate of drug-likeness (QED) is 0.859. The zero-order valence-electron chi connectivity index (χ0n) is 16.9. The molecule has 1 N–H and O–H groups in total. The molecule has 0 aliphatic carbocycles. The maximum Gasteiger partial charge on any atom is 0.242 e. The van der Waals surface area contributed by atoms with Crippen molar-refractivity contribution in [3.63, 3.8) is 0 Å². The minimum absolute atomic E-state index is 0.0429. The molecule has 3 heterocycles. The molecule has 1 aromatic rings. The van der Waals surface area contributed by atoms with Gasteiger partial charge in [-0.2, -0.15) is 0 Å². The van der Waals surface area contributed by atoms with E-state index in [0.29, 0.717) is 13.1 Å². The fraction of sp³-hybridized carbons (Fsp3) is 0.714. The van der Waals surface area contributed by atoms with E-state index in [9.17, 15) is 9.59 Å². The first-order valence-corrected chi connectivity index (χ1v) is 10.2. The Morgan fingerprint density at radius 3 is 2.56 bits per heavy atom. The van der Waals surface area contributed by atoms with Crippen LogP contribution in [0.3, 0.4) is 0 Å². The molecule has 3 rings (SSSR count). The van der Waals surface area contributed by atoms with Crippen molar-refractivity contribution in [3.8, 4) is 0 Å². The third kappa shape index (κ3) is 4.72. The van der Waals surface area contributed by atoms with Crippen molar-refractivity contribution in [2.45, 2.75) is 65.0 Å². The lowest BCUT2D eigenvalue weighted by atomic mass is 9.94. The molecule has 150 valence electrons. The summed E-state index contributed by atoms with van der Waals surface area (Å²) in [5.74, 6) is 0.906. The average molecular weight is 376 g/mol. The first-order valence-electron chi connectivity index (χ1n) is 10.2. The number of nitrogens with zero attached hydrogens (tertiary/aromatic N) is 2. The third-order valence-corrected chi connectivity index (χ3v) is 5.63. The largest absolute Gasteiger partial charge is 0.468 e. The van der Waals surface area contributed by atoms with Gasteiger partial charge in [0.1, 0.15) is 11.8 Å². The van der Waals surface area contributed by atoms with Gasteiger partial charge in [0.25, 0.3) is 0 Å². The minimum Gasteiger partial charge on any atom is -0.468 e. The number of piperidine rings is 1. The van der Waals surface area contributed by atoms with Crippen LogP contribution in [0.25, 0.3) is 0 Å². The van der Waals surface area contributed by atoms with E-state index in [4.69, 9.17) is 4.42 Å². The Balaban J connectivity index is 1.64. The van der Waals surface area contributed by atoms with Crippen LogP contribution in [0.15, 0.2) is 22.8 Å². The number of rotatable bonds is 5. The Hall–Kier alpha value is -1.82. The molecule has 2 amide bonds. The summed E-state index contributed by atoms with van der Waals surface area (Å²) in [7, 11) is 0. The molecule has 0 spiro atoms. The smallest absolute Gasteiger partial charge is 0.242 e. The standard InChI is InChI=1S/C21H33N3O3/c1-21(2,3)20(26)24-13-7-9-16(24)19(25)22-15-17(18-10-8-14-27-18)23-11-5-4-6-12-23/h8,10,14,16-17H,4-7,9,11-13,15H2,1-3H3,(H,22,25). The van der Waals surface area contributed by atoms with Crippen molar-refractivity contribution in [2.75, 3.05) is 26.2 Å². The first kappa shape index (κ1) is 19.9. The van der Waals surface area contributed by atoms with Gasteiger partial charge in [0.15, 0.2) is 0 Å². The fourth-order valence-corrected chi connectivity index (χ4v) is 4.15. The molecule has 1 aromatic heterocycles. The molecule has 2 aliphatic heterocycles. The highest BCUT2D eigenvalue weighted by atomic mass is 16.3. The van der Waals surface area contributed by atoms with Crippen molar-refractivity contribution >= 4 is 11.8 Å². The Kier molecular flexibility index (Phi) is 6.25. The second-order valence-electron chi connectivity index (χ2n) is 8.78. The Morgan fingerprint density at radius 1 is 1.19 bits per heavy atom. The molecule has 27 heavy (non-hydrogen) atoms. The molecule has 6 nitrogen and oxygen atoms in total. The van der Waals surface area contributed by atoms with Gasteiger partial charge in [-0.15, -0.1) is 0 Å². The Bertz CT molecular complexity index is 630. The van der Waals surface area contributed by atoms with Gasteiger partial charge in [0.2, 0.25) is 11.8 Å². The van der Waals surface area contributed by atoms with Crippen molar-refractivity contribution in [1.82, 2.24) is 15.1 Å². The highest BCUT2D eigenvalue weighted by molar-refractivity contribution is 5.90. The van der Waals surface area contributed by atoms with Gasteiger partial charge in [-0.1, -0.05) is 27.2 Å². The predicted molar refractivity (Wildman–Crippen MR) is 104 cm³/mol. The monoisotopic (exact) mass is 375 g/mol. The van der Waals surface area contributed by atoms with Gasteiger partial charge >= 0.3 is 0 Å². The van der Waals surface area contributed by atoms with Crippen molar-refractivity contribution in [3.05, 3.63) is 24.2 Å². The van der Waals surface area contributed by atoms with Crippen LogP contribution in [0.5, 0.6) is 0 Å². The van der Waals surface area contributed by atoms with E-state index in [1.165, 1.54) is 19.3 Å². The van der Waals surface area contributed by atoms with Gasteiger partial charge in [-0.05, 0) is 50.9 Å². The fourth-order valence-electron chi connectivity index (χ4n) is 4.15. The summed E-state index contributed by atoms with van der Waals surface area (Å²) in [5.41, 5.74) is -0.465. The minimum atomic E-state index is -0.465. The summed E-state index contributed by atoms with van der Waals surface area (Å²) in [5, 5.41) is 3.11. The molecule has 0 bridgehead atoms. The number of hydrogen-bond acceptors (Lipinski definition) is 4. The first-order chi connectivity index (χ1) is 12.9. The SMILES string of the molecule is CC(C)(C)C(=O)N1CCCC1C(=O)NCC(c1ccco1)N1CCCCC1. The average Bonchev–Trinajstić information content (AvgIpc) is 3.33. The lowest BCUT2D eigenvalue weighted by molar-refractivity contribution is -0.144. The molecule has 2 aliphatic rings. The number of likely N-dealkylation sites (tertiary alicyclic amines) is 2. The summed E-state index contributed by atoms with van der Waals surface area (Å²) < 4.78 is 5.65. The lowest BCUT2D eigenvalue weighted by Gasteiger charge is -2.34. The number of carbonyl (C=O) groups is 2. The van der Waals surface area contributed by atoms with Crippen LogP contribution < -0.4 is 5.32 Å². The predicted octanol–water partition coefficient (Wildman–Crippen LogP) is 2.96. The second-order valence-corrected chi connectivity index (χ2v) is 8.78. The highest BCUT2D eigenvalue weighted by Crippen LogP contribution is 2.27. The lowest BCUT2D eigenvalue weighted by Crippen LogP contribution is -2.50. The van der Waals surface area contributed by atoms with E-state index < -0.39 is 5.41 Å². The molecule has 0 radical (unpaired) electrons. The maximum atomic E-state index is 12.9. The van der Waals surface area contributed by atoms with Crippen LogP contribution in [-0.4, -0.2) is 53.8 Å². The highest BCUT2D eigenvalue weighted by Gasteiger charge is 2.38. The second kappa shape index (κ2) is 8.46. The summed E-state index contributed by atoms with van der Waals surface area (Å²) in [4.78, 5) is 29.7.